The number of hydrogen-bond donors (Lipinski definition) is 2. The second-order valence-electron chi connectivity index (χ2n) is 4.30. The van der Waals surface area contributed by atoms with Crippen molar-refractivity contribution in [2.45, 2.75) is 13.1 Å². The summed E-state index contributed by atoms with van der Waals surface area (Å²) in [4.78, 5) is 15.7. The normalized spacial score (nSPS) is 11.3. The Labute approximate surface area is 127 Å². The van der Waals surface area contributed by atoms with Crippen molar-refractivity contribution in [2.75, 3.05) is 12.4 Å². The average molecular weight is 332 g/mol. The van der Waals surface area contributed by atoms with Crippen molar-refractivity contribution < 1.29 is 27.8 Å². The van der Waals surface area contributed by atoms with E-state index in [1.165, 1.54) is 32.2 Å². The zero-order chi connectivity index (χ0) is 16.5. The lowest BCUT2D eigenvalue weighted by Crippen LogP contribution is -2.13. The van der Waals surface area contributed by atoms with E-state index in [2.05, 4.69) is 10.3 Å². The summed E-state index contributed by atoms with van der Waals surface area (Å²) in [6, 6.07) is 3.82. The van der Waals surface area contributed by atoms with Gasteiger partial charge in [-0.2, -0.15) is 13.2 Å². The van der Waals surface area contributed by atoms with Gasteiger partial charge in [0.15, 0.2) is 5.01 Å². The number of aryl methyl sites for hydroxylation is 1. The van der Waals surface area contributed by atoms with Gasteiger partial charge in [0.2, 0.25) is 0 Å². The van der Waals surface area contributed by atoms with Crippen LogP contribution < -0.4 is 10.1 Å². The van der Waals surface area contributed by atoms with Gasteiger partial charge in [-0.25, -0.2) is 4.98 Å². The minimum atomic E-state index is -4.56. The summed E-state index contributed by atoms with van der Waals surface area (Å²) in [5, 5.41) is 10.7. The third-order valence-corrected chi connectivity index (χ3v) is 3.68. The van der Waals surface area contributed by atoms with Gasteiger partial charge in [-0.3, -0.25) is 4.79 Å². The second kappa shape index (κ2) is 5.84. The van der Waals surface area contributed by atoms with Crippen LogP contribution in [0.15, 0.2) is 18.2 Å². The minimum absolute atomic E-state index is 0.0396. The Hall–Kier alpha value is -2.29. The molecule has 0 aliphatic heterocycles. The molecular formula is C13H11F3N2O3S. The first kappa shape index (κ1) is 16.1. The Morgan fingerprint density at radius 1 is 1.36 bits per heavy atom. The van der Waals surface area contributed by atoms with Crippen LogP contribution in [0, 0.1) is 6.92 Å². The number of halogens is 3. The number of nitrogens with zero attached hydrogens (tertiary/aromatic N) is 1. The smallest absolute Gasteiger partial charge is 0.443 e. The highest BCUT2D eigenvalue weighted by atomic mass is 32.1. The number of thiazole rings is 1. The predicted octanol–water partition coefficient (Wildman–Crippen LogP) is 3.44. The Balaban J connectivity index is 2.26. The van der Waals surface area contributed by atoms with Gasteiger partial charge in [-0.15, -0.1) is 11.3 Å². The van der Waals surface area contributed by atoms with Crippen LogP contribution in [-0.4, -0.2) is 23.1 Å². The van der Waals surface area contributed by atoms with Crippen molar-refractivity contribution in [3.8, 4) is 11.5 Å². The number of amides is 1. The third kappa shape index (κ3) is 3.48. The number of ether oxygens (including phenoxy) is 1. The molecule has 0 saturated carbocycles. The summed E-state index contributed by atoms with van der Waals surface area (Å²) in [6.45, 7) is 1.42. The van der Waals surface area contributed by atoms with Crippen LogP contribution in [0.5, 0.6) is 11.5 Å². The molecule has 1 aromatic heterocycles. The van der Waals surface area contributed by atoms with E-state index in [0.717, 1.165) is 0 Å². The van der Waals surface area contributed by atoms with Gasteiger partial charge >= 0.3 is 6.18 Å². The lowest BCUT2D eigenvalue weighted by molar-refractivity contribution is -0.137. The van der Waals surface area contributed by atoms with Crippen molar-refractivity contribution in [3.05, 3.63) is 33.6 Å². The van der Waals surface area contributed by atoms with Gasteiger partial charge in [0.1, 0.15) is 17.3 Å². The molecule has 2 aromatic rings. The number of anilines is 1. The van der Waals surface area contributed by atoms with Crippen LogP contribution in [0.25, 0.3) is 0 Å². The molecule has 0 aliphatic carbocycles. The second-order valence-corrected chi connectivity index (χ2v) is 5.50. The number of nitrogens with one attached hydrogen (secondary N) is 1. The number of aromatic nitrogens is 1. The number of phenols is 1. The van der Waals surface area contributed by atoms with Gasteiger partial charge in [0.05, 0.1) is 7.11 Å². The topological polar surface area (TPSA) is 71.5 Å². The third-order valence-electron chi connectivity index (χ3n) is 2.66. The zero-order valence-corrected chi connectivity index (χ0v) is 12.3. The molecule has 0 aliphatic rings. The number of phenolic OH excluding ortho intramolecular Hbond substituents is 1. The summed E-state index contributed by atoms with van der Waals surface area (Å²) in [5.74, 6) is -0.812. The maximum atomic E-state index is 12.6. The molecule has 9 heteroatoms. The quantitative estimate of drug-likeness (QED) is 0.903. The van der Waals surface area contributed by atoms with Gasteiger partial charge in [0.25, 0.3) is 5.91 Å². The fraction of sp³-hybridized carbons (Fsp3) is 0.231. The van der Waals surface area contributed by atoms with Gasteiger partial charge in [-0.1, -0.05) is 0 Å². The molecule has 0 saturated heterocycles. The molecule has 1 heterocycles. The number of carbonyl (C=O) groups is 1. The Bertz CT molecular complexity index is 713. The molecule has 5 nitrogen and oxygen atoms in total. The summed E-state index contributed by atoms with van der Waals surface area (Å²) >= 11 is 0.444. The van der Waals surface area contributed by atoms with Crippen molar-refractivity contribution in [3.63, 3.8) is 0 Å². The van der Waals surface area contributed by atoms with Crippen molar-refractivity contribution in [1.82, 2.24) is 4.98 Å². The number of benzene rings is 1. The van der Waals surface area contributed by atoms with Crippen molar-refractivity contribution in [1.29, 1.82) is 0 Å². The first-order chi connectivity index (χ1) is 10.2. The van der Waals surface area contributed by atoms with Crippen LogP contribution in [0.4, 0.5) is 19.0 Å². The van der Waals surface area contributed by atoms with Crippen LogP contribution in [0.1, 0.15) is 20.2 Å². The van der Waals surface area contributed by atoms with E-state index < -0.39 is 17.1 Å². The average Bonchev–Trinajstić information content (AvgIpc) is 2.79. The molecule has 118 valence electrons. The van der Waals surface area contributed by atoms with Gasteiger partial charge in [-0.05, 0) is 19.1 Å². The maximum Gasteiger partial charge on any atom is 0.443 e. The molecule has 0 unspecified atom stereocenters. The standard InChI is InChI=1S/C13H11F3N2O3S/c1-6-10(18-12(22-6)13(14,15)16)17-11(20)7-3-8(19)5-9(4-7)21-2/h3-5,19H,1-2H3,(H,17,20). The number of aromatic hydroxyl groups is 1. The van der Waals surface area contributed by atoms with E-state index >= 15 is 0 Å². The number of hydrogen-bond acceptors (Lipinski definition) is 5. The highest BCUT2D eigenvalue weighted by Gasteiger charge is 2.35. The van der Waals surface area contributed by atoms with Gasteiger partial charge < -0.3 is 15.2 Å². The van der Waals surface area contributed by atoms with E-state index in [4.69, 9.17) is 4.74 Å². The number of alkyl halides is 3. The number of carbonyl (C=O) groups excluding carboxylic acids is 1. The predicted molar refractivity (Wildman–Crippen MR) is 74.5 cm³/mol. The zero-order valence-electron chi connectivity index (χ0n) is 11.5. The number of rotatable bonds is 3. The number of methoxy groups -OCH3 is 1. The molecule has 0 radical (unpaired) electrons. The Morgan fingerprint density at radius 3 is 2.59 bits per heavy atom. The van der Waals surface area contributed by atoms with E-state index in [1.807, 2.05) is 0 Å². The lowest BCUT2D eigenvalue weighted by atomic mass is 10.2. The molecule has 1 aromatic carbocycles. The largest absolute Gasteiger partial charge is 0.508 e. The molecule has 0 bridgehead atoms. The summed E-state index contributed by atoms with van der Waals surface area (Å²) in [5.41, 5.74) is 0.0396. The Kier molecular flexibility index (Phi) is 4.27. The van der Waals surface area contributed by atoms with Crippen molar-refractivity contribution in [2.24, 2.45) is 0 Å². The van der Waals surface area contributed by atoms with E-state index in [-0.39, 0.29) is 27.8 Å². The fourth-order valence-electron chi connectivity index (χ4n) is 1.65. The van der Waals surface area contributed by atoms with Gasteiger partial charge in [0, 0.05) is 16.5 Å². The fourth-order valence-corrected chi connectivity index (χ4v) is 2.38. The van der Waals surface area contributed by atoms with E-state index in [9.17, 15) is 23.1 Å². The van der Waals surface area contributed by atoms with Crippen LogP contribution in [0.3, 0.4) is 0 Å². The molecule has 2 rings (SSSR count). The summed E-state index contributed by atoms with van der Waals surface area (Å²) < 4.78 is 42.6. The highest BCUT2D eigenvalue weighted by Crippen LogP contribution is 2.35. The lowest BCUT2D eigenvalue weighted by Gasteiger charge is -2.06. The highest BCUT2D eigenvalue weighted by molar-refractivity contribution is 7.12. The molecule has 0 spiro atoms. The SMILES string of the molecule is COc1cc(O)cc(C(=O)Nc2nc(C(F)(F)F)sc2C)c1. The van der Waals surface area contributed by atoms with E-state index in [0.29, 0.717) is 11.3 Å². The first-order valence-electron chi connectivity index (χ1n) is 5.94. The molecule has 1 amide bonds. The molecule has 0 atom stereocenters. The van der Waals surface area contributed by atoms with E-state index in [1.54, 1.807) is 0 Å². The maximum absolute atomic E-state index is 12.6. The van der Waals surface area contributed by atoms with Crippen LogP contribution >= 0.6 is 11.3 Å². The summed E-state index contributed by atoms with van der Waals surface area (Å²) in [7, 11) is 1.36. The van der Waals surface area contributed by atoms with Crippen molar-refractivity contribution >= 4 is 23.1 Å². The summed E-state index contributed by atoms with van der Waals surface area (Å²) in [6.07, 6.45) is -4.56. The Morgan fingerprint density at radius 2 is 2.05 bits per heavy atom. The monoisotopic (exact) mass is 332 g/mol. The minimum Gasteiger partial charge on any atom is -0.508 e. The van der Waals surface area contributed by atoms with Crippen LogP contribution in [-0.2, 0) is 6.18 Å². The van der Waals surface area contributed by atoms with Crippen LogP contribution in [0.2, 0.25) is 0 Å². The first-order valence-corrected chi connectivity index (χ1v) is 6.76. The molecule has 22 heavy (non-hydrogen) atoms. The molecule has 0 fully saturated rings. The molecular weight excluding hydrogens is 321 g/mol. The molecule has 2 N–H and O–H groups in total.